The van der Waals surface area contributed by atoms with Crippen molar-refractivity contribution in [1.29, 1.82) is 0 Å². The maximum atomic E-state index is 5.92. The third-order valence-electron chi connectivity index (χ3n) is 3.90. The summed E-state index contributed by atoms with van der Waals surface area (Å²) in [7, 11) is 0. The number of hydrogen-bond donors (Lipinski definition) is 1. The summed E-state index contributed by atoms with van der Waals surface area (Å²) in [6.45, 7) is 12.7. The molecule has 0 atom stereocenters. The van der Waals surface area contributed by atoms with E-state index in [9.17, 15) is 0 Å². The minimum atomic E-state index is 0.543. The first-order chi connectivity index (χ1) is 10.5. The van der Waals surface area contributed by atoms with Gasteiger partial charge in [0.15, 0.2) is 0 Å². The minimum Gasteiger partial charge on any atom is -0.326 e. The lowest BCUT2D eigenvalue weighted by Crippen LogP contribution is -2.00. The number of benzene rings is 2. The Labute approximate surface area is 134 Å². The Bertz CT molecular complexity index is 695. The molecule has 0 unspecified atom stereocenters. The second-order valence-corrected chi connectivity index (χ2v) is 6.01. The molecular weight excluding hydrogens is 266 g/mol. The van der Waals surface area contributed by atoms with Gasteiger partial charge in [0.2, 0.25) is 0 Å². The van der Waals surface area contributed by atoms with Gasteiger partial charge in [-0.1, -0.05) is 54.1 Å². The Morgan fingerprint density at radius 3 is 2.45 bits per heavy atom. The second-order valence-electron chi connectivity index (χ2n) is 6.01. The molecule has 2 aromatic rings. The van der Waals surface area contributed by atoms with E-state index in [4.69, 9.17) is 5.73 Å². The topological polar surface area (TPSA) is 26.0 Å². The van der Waals surface area contributed by atoms with Crippen LogP contribution in [0.1, 0.15) is 37.0 Å². The number of allylic oxidation sites excluding steroid dienone is 2. The molecule has 0 aliphatic heterocycles. The highest BCUT2D eigenvalue weighted by molar-refractivity contribution is 5.74. The summed E-state index contributed by atoms with van der Waals surface area (Å²) >= 11 is 0. The second kappa shape index (κ2) is 7.24. The molecule has 0 amide bonds. The van der Waals surface area contributed by atoms with Crippen molar-refractivity contribution in [3.8, 4) is 11.1 Å². The van der Waals surface area contributed by atoms with Gasteiger partial charge in [-0.3, -0.25) is 0 Å². The van der Waals surface area contributed by atoms with E-state index in [2.05, 4.69) is 62.5 Å². The number of nitrogens with two attached hydrogens (primary N) is 1. The van der Waals surface area contributed by atoms with Crippen LogP contribution >= 0.6 is 0 Å². The summed E-state index contributed by atoms with van der Waals surface area (Å²) in [6, 6.07) is 15.1. The molecule has 2 aromatic carbocycles. The molecule has 0 heterocycles. The monoisotopic (exact) mass is 291 g/mol. The van der Waals surface area contributed by atoms with Crippen LogP contribution in [0.3, 0.4) is 0 Å². The van der Waals surface area contributed by atoms with Crippen LogP contribution in [-0.2, 0) is 13.0 Å². The molecule has 0 aliphatic rings. The summed E-state index contributed by atoms with van der Waals surface area (Å²) in [5.41, 5.74) is 14.3. The fourth-order valence-electron chi connectivity index (χ4n) is 2.54. The van der Waals surface area contributed by atoms with Gasteiger partial charge in [0, 0.05) is 6.54 Å². The van der Waals surface area contributed by atoms with E-state index >= 15 is 0 Å². The van der Waals surface area contributed by atoms with Crippen molar-refractivity contribution < 1.29 is 0 Å². The zero-order valence-electron chi connectivity index (χ0n) is 13.7. The predicted octanol–water partition coefficient (Wildman–Crippen LogP) is 5.35. The summed E-state index contributed by atoms with van der Waals surface area (Å²) in [5, 5.41) is 0. The van der Waals surface area contributed by atoms with Crippen LogP contribution in [0, 0.1) is 0 Å². The van der Waals surface area contributed by atoms with Gasteiger partial charge in [0.05, 0.1) is 0 Å². The molecule has 0 saturated carbocycles. The average molecular weight is 291 g/mol. The third-order valence-corrected chi connectivity index (χ3v) is 3.90. The van der Waals surface area contributed by atoms with Gasteiger partial charge in [0.1, 0.15) is 0 Å². The van der Waals surface area contributed by atoms with Crippen LogP contribution in [0.2, 0.25) is 0 Å². The van der Waals surface area contributed by atoms with Gasteiger partial charge < -0.3 is 5.73 Å². The van der Waals surface area contributed by atoms with E-state index in [0.29, 0.717) is 6.54 Å². The molecule has 0 aromatic heterocycles. The van der Waals surface area contributed by atoms with E-state index in [0.717, 1.165) is 18.4 Å². The molecule has 0 spiro atoms. The van der Waals surface area contributed by atoms with Crippen molar-refractivity contribution in [3.05, 3.63) is 77.9 Å². The molecule has 1 heteroatoms. The molecule has 1 nitrogen and oxygen atoms in total. The van der Waals surface area contributed by atoms with Crippen LogP contribution < -0.4 is 5.73 Å². The van der Waals surface area contributed by atoms with Crippen molar-refractivity contribution >= 4 is 5.57 Å². The third kappa shape index (κ3) is 3.96. The molecule has 0 bridgehead atoms. The zero-order chi connectivity index (χ0) is 16.1. The Morgan fingerprint density at radius 2 is 1.82 bits per heavy atom. The van der Waals surface area contributed by atoms with Gasteiger partial charge in [-0.25, -0.2) is 0 Å². The van der Waals surface area contributed by atoms with Gasteiger partial charge >= 0.3 is 0 Å². The normalized spacial score (nSPS) is 10.5. The Balaban J connectivity index is 2.41. The standard InChI is InChI=1S/C21H25N/c1-15(2)8-9-17-6-5-7-19(12-17)21-13-18(16(3)4)10-11-20(21)14-22/h5-7,10-13H,1,3,8-9,14,22H2,2,4H3. The molecule has 22 heavy (non-hydrogen) atoms. The highest BCUT2D eigenvalue weighted by Crippen LogP contribution is 2.28. The van der Waals surface area contributed by atoms with E-state index in [1.165, 1.54) is 33.4 Å². The fourth-order valence-corrected chi connectivity index (χ4v) is 2.54. The molecule has 2 rings (SSSR count). The lowest BCUT2D eigenvalue weighted by Gasteiger charge is -2.12. The van der Waals surface area contributed by atoms with E-state index in [1.807, 2.05) is 6.92 Å². The molecule has 0 radical (unpaired) electrons. The molecule has 0 aliphatic carbocycles. The number of aryl methyl sites for hydroxylation is 1. The van der Waals surface area contributed by atoms with Crippen molar-refractivity contribution in [2.24, 2.45) is 5.73 Å². The highest BCUT2D eigenvalue weighted by atomic mass is 14.5. The summed E-state index contributed by atoms with van der Waals surface area (Å²) in [6.07, 6.45) is 2.06. The molecular formula is C21H25N. The first-order valence-corrected chi connectivity index (χ1v) is 7.74. The predicted molar refractivity (Wildman–Crippen MR) is 97.6 cm³/mol. The van der Waals surface area contributed by atoms with Crippen molar-refractivity contribution in [2.75, 3.05) is 0 Å². The number of hydrogen-bond acceptors (Lipinski definition) is 1. The average Bonchev–Trinajstić information content (AvgIpc) is 2.52. The summed E-state index contributed by atoms with van der Waals surface area (Å²) in [5.74, 6) is 0. The van der Waals surface area contributed by atoms with Gasteiger partial charge in [-0.05, 0) is 60.6 Å². The van der Waals surface area contributed by atoms with Crippen LogP contribution in [-0.4, -0.2) is 0 Å². The smallest absolute Gasteiger partial charge is 0.0184 e. The molecule has 0 saturated heterocycles. The van der Waals surface area contributed by atoms with Crippen molar-refractivity contribution in [2.45, 2.75) is 33.2 Å². The van der Waals surface area contributed by atoms with Crippen LogP contribution in [0.15, 0.2) is 61.2 Å². The summed E-state index contributed by atoms with van der Waals surface area (Å²) < 4.78 is 0. The largest absolute Gasteiger partial charge is 0.326 e. The van der Waals surface area contributed by atoms with E-state index in [-0.39, 0.29) is 0 Å². The van der Waals surface area contributed by atoms with Gasteiger partial charge in [0.25, 0.3) is 0 Å². The summed E-state index contributed by atoms with van der Waals surface area (Å²) in [4.78, 5) is 0. The van der Waals surface area contributed by atoms with E-state index in [1.54, 1.807) is 0 Å². The van der Waals surface area contributed by atoms with Gasteiger partial charge in [-0.2, -0.15) is 0 Å². The lowest BCUT2D eigenvalue weighted by molar-refractivity contribution is 0.946. The highest BCUT2D eigenvalue weighted by Gasteiger charge is 2.07. The van der Waals surface area contributed by atoms with Crippen molar-refractivity contribution in [1.82, 2.24) is 0 Å². The Kier molecular flexibility index (Phi) is 5.35. The van der Waals surface area contributed by atoms with Crippen LogP contribution in [0.25, 0.3) is 16.7 Å². The Hall–Kier alpha value is -2.12. The zero-order valence-corrected chi connectivity index (χ0v) is 13.7. The van der Waals surface area contributed by atoms with Crippen LogP contribution in [0.4, 0.5) is 0 Å². The maximum absolute atomic E-state index is 5.92. The van der Waals surface area contributed by atoms with Crippen LogP contribution in [0.5, 0.6) is 0 Å². The van der Waals surface area contributed by atoms with Crippen molar-refractivity contribution in [3.63, 3.8) is 0 Å². The molecule has 0 fully saturated rings. The molecule has 114 valence electrons. The number of rotatable bonds is 6. The SMILES string of the molecule is C=C(C)CCc1cccc(-c2cc(C(=C)C)ccc2CN)c1. The quantitative estimate of drug-likeness (QED) is 0.713. The lowest BCUT2D eigenvalue weighted by atomic mass is 9.93. The Morgan fingerprint density at radius 1 is 1.05 bits per heavy atom. The first kappa shape index (κ1) is 16.3. The molecule has 2 N–H and O–H groups in total. The van der Waals surface area contributed by atoms with Gasteiger partial charge in [-0.15, -0.1) is 6.58 Å². The fraction of sp³-hybridized carbons (Fsp3) is 0.238. The maximum Gasteiger partial charge on any atom is 0.0184 e. The minimum absolute atomic E-state index is 0.543. The van der Waals surface area contributed by atoms with E-state index < -0.39 is 0 Å². The first-order valence-electron chi connectivity index (χ1n) is 7.74.